The largest absolute Gasteiger partial charge is 0.490 e. The number of ether oxygens (including phenoxy) is 1. The highest BCUT2D eigenvalue weighted by atomic mass is 35.5. The Morgan fingerprint density at radius 2 is 1.81 bits per heavy atom. The van der Waals surface area contributed by atoms with Crippen LogP contribution in [0.3, 0.4) is 0 Å². The van der Waals surface area contributed by atoms with Crippen molar-refractivity contribution in [3.63, 3.8) is 0 Å². The van der Waals surface area contributed by atoms with E-state index in [0.717, 1.165) is 11.1 Å². The first kappa shape index (κ1) is 18.7. The Morgan fingerprint density at radius 3 is 2.48 bits per heavy atom. The van der Waals surface area contributed by atoms with Gasteiger partial charge in [0.2, 0.25) is 0 Å². The molecule has 0 aliphatic carbocycles. The van der Waals surface area contributed by atoms with Crippen LogP contribution >= 0.6 is 11.6 Å². The molecule has 1 N–H and O–H groups in total. The first-order valence-corrected chi connectivity index (χ1v) is 8.64. The normalized spacial score (nSPS) is 10.0. The predicted octanol–water partition coefficient (Wildman–Crippen LogP) is 3.99. The van der Waals surface area contributed by atoms with E-state index in [1.54, 1.807) is 24.4 Å². The number of aliphatic hydroxyl groups is 1. The minimum atomic E-state index is -0.114. The molecule has 134 valence electrons. The lowest BCUT2D eigenvalue weighted by Gasteiger charge is -2.06. The lowest BCUT2D eigenvalue weighted by atomic mass is 10.1. The zero-order chi connectivity index (χ0) is 19.1. The van der Waals surface area contributed by atoms with Crippen molar-refractivity contribution >= 4 is 17.9 Å². The molecule has 0 aliphatic rings. The third kappa shape index (κ3) is 4.95. The van der Waals surface area contributed by atoms with Crippen molar-refractivity contribution in [2.24, 2.45) is 0 Å². The highest BCUT2D eigenvalue weighted by Gasteiger charge is 2.03. The van der Waals surface area contributed by atoms with Crippen LogP contribution in [-0.2, 0) is 0 Å². The number of carbonyl (C=O) groups is 1. The van der Waals surface area contributed by atoms with E-state index in [9.17, 15) is 4.79 Å². The summed E-state index contributed by atoms with van der Waals surface area (Å²) in [6, 6.07) is 16.4. The smallest absolute Gasteiger partial charge is 0.153 e. The average molecular weight is 378 g/mol. The Kier molecular flexibility index (Phi) is 6.22. The molecule has 3 rings (SSSR count). The van der Waals surface area contributed by atoms with E-state index in [4.69, 9.17) is 21.4 Å². The number of carbonyl (C=O) groups excluding carboxylic acids is 1. The second-order valence-corrected chi connectivity index (χ2v) is 6.07. The van der Waals surface area contributed by atoms with Crippen molar-refractivity contribution in [1.82, 2.24) is 4.98 Å². The standard InChI is InChI=1S/C22H16ClNO3/c23-20-6-3-17(4-7-20)18-5-9-21(24-14-18)8-1-16-2-10-22(27-12-11-25)19(13-16)15-26/h2-7,9-10,13-15,25H,11-12H2. The van der Waals surface area contributed by atoms with Crippen LogP contribution in [0.1, 0.15) is 21.6 Å². The molecule has 4 nitrogen and oxygen atoms in total. The maximum atomic E-state index is 11.2. The highest BCUT2D eigenvalue weighted by molar-refractivity contribution is 6.30. The molecule has 5 heteroatoms. The molecule has 0 bridgehead atoms. The van der Waals surface area contributed by atoms with E-state index >= 15 is 0 Å². The molecular formula is C22H16ClNO3. The van der Waals surface area contributed by atoms with Crippen LogP contribution in [0.4, 0.5) is 0 Å². The Hall–Kier alpha value is -3.13. The van der Waals surface area contributed by atoms with Gasteiger partial charge < -0.3 is 9.84 Å². The van der Waals surface area contributed by atoms with Gasteiger partial charge in [0.25, 0.3) is 0 Å². The fourth-order valence-electron chi connectivity index (χ4n) is 2.42. The van der Waals surface area contributed by atoms with Gasteiger partial charge in [0.05, 0.1) is 12.2 Å². The highest BCUT2D eigenvalue weighted by Crippen LogP contribution is 2.21. The van der Waals surface area contributed by atoms with Crippen LogP contribution < -0.4 is 4.74 Å². The fraction of sp³-hybridized carbons (Fsp3) is 0.0909. The molecule has 0 aliphatic heterocycles. The maximum Gasteiger partial charge on any atom is 0.153 e. The molecule has 1 aromatic heterocycles. The number of aromatic nitrogens is 1. The summed E-state index contributed by atoms with van der Waals surface area (Å²) >= 11 is 5.91. The van der Waals surface area contributed by atoms with Gasteiger partial charge in [-0.2, -0.15) is 0 Å². The monoisotopic (exact) mass is 377 g/mol. The summed E-state index contributed by atoms with van der Waals surface area (Å²) in [6.45, 7) is 0.0211. The second kappa shape index (κ2) is 9.00. The summed E-state index contributed by atoms with van der Waals surface area (Å²) < 4.78 is 5.31. The van der Waals surface area contributed by atoms with Gasteiger partial charge in [-0.3, -0.25) is 4.79 Å². The number of benzene rings is 2. The van der Waals surface area contributed by atoms with Gasteiger partial charge in [0.1, 0.15) is 18.1 Å². The summed E-state index contributed by atoms with van der Waals surface area (Å²) in [4.78, 5) is 15.6. The van der Waals surface area contributed by atoms with Crippen LogP contribution in [0.25, 0.3) is 11.1 Å². The maximum absolute atomic E-state index is 11.2. The van der Waals surface area contributed by atoms with Crippen molar-refractivity contribution in [1.29, 1.82) is 0 Å². The predicted molar refractivity (Wildman–Crippen MR) is 105 cm³/mol. The molecule has 2 aromatic carbocycles. The Labute approximate surface area is 162 Å². The summed E-state index contributed by atoms with van der Waals surface area (Å²) in [5.41, 5.74) is 3.70. The lowest BCUT2D eigenvalue weighted by molar-refractivity contribution is 0.111. The third-order valence-corrected chi connectivity index (χ3v) is 4.01. The molecule has 0 saturated heterocycles. The Bertz CT molecular complexity index is 987. The minimum absolute atomic E-state index is 0.114. The van der Waals surface area contributed by atoms with E-state index in [0.29, 0.717) is 33.9 Å². The molecular weight excluding hydrogens is 362 g/mol. The van der Waals surface area contributed by atoms with Gasteiger partial charge in [-0.05, 0) is 47.9 Å². The van der Waals surface area contributed by atoms with Crippen LogP contribution in [0.2, 0.25) is 5.02 Å². The first-order chi connectivity index (χ1) is 13.2. The van der Waals surface area contributed by atoms with Crippen molar-refractivity contribution < 1.29 is 14.6 Å². The van der Waals surface area contributed by atoms with Crippen molar-refractivity contribution in [3.05, 3.63) is 82.6 Å². The van der Waals surface area contributed by atoms with Gasteiger partial charge >= 0.3 is 0 Å². The Morgan fingerprint density at radius 1 is 1.04 bits per heavy atom. The van der Waals surface area contributed by atoms with Crippen molar-refractivity contribution in [3.8, 4) is 28.7 Å². The molecule has 0 radical (unpaired) electrons. The zero-order valence-corrected chi connectivity index (χ0v) is 15.1. The van der Waals surface area contributed by atoms with Crippen LogP contribution in [0.15, 0.2) is 60.8 Å². The third-order valence-electron chi connectivity index (χ3n) is 3.76. The van der Waals surface area contributed by atoms with E-state index in [1.165, 1.54) is 0 Å². The molecule has 27 heavy (non-hydrogen) atoms. The summed E-state index contributed by atoms with van der Waals surface area (Å²) in [7, 11) is 0. The molecule has 0 spiro atoms. The number of hydrogen-bond acceptors (Lipinski definition) is 4. The molecule has 0 fully saturated rings. The molecule has 0 saturated carbocycles. The zero-order valence-electron chi connectivity index (χ0n) is 14.4. The number of halogens is 1. The molecule has 0 amide bonds. The number of nitrogens with zero attached hydrogens (tertiary/aromatic N) is 1. The van der Waals surface area contributed by atoms with Crippen LogP contribution in [-0.4, -0.2) is 29.6 Å². The van der Waals surface area contributed by atoms with E-state index in [-0.39, 0.29) is 13.2 Å². The van der Waals surface area contributed by atoms with Gasteiger partial charge in [-0.15, -0.1) is 0 Å². The number of aliphatic hydroxyl groups excluding tert-OH is 1. The Balaban J connectivity index is 1.77. The lowest BCUT2D eigenvalue weighted by Crippen LogP contribution is -2.03. The summed E-state index contributed by atoms with van der Waals surface area (Å²) in [5.74, 6) is 6.40. The van der Waals surface area contributed by atoms with Gasteiger partial charge in [-0.1, -0.05) is 35.7 Å². The molecule has 3 aromatic rings. The van der Waals surface area contributed by atoms with Gasteiger partial charge in [-0.25, -0.2) is 4.98 Å². The van der Waals surface area contributed by atoms with E-state index < -0.39 is 0 Å². The molecule has 0 unspecified atom stereocenters. The van der Waals surface area contributed by atoms with E-state index in [2.05, 4.69) is 16.8 Å². The topological polar surface area (TPSA) is 59.4 Å². The van der Waals surface area contributed by atoms with Crippen molar-refractivity contribution in [2.75, 3.05) is 13.2 Å². The summed E-state index contributed by atoms with van der Waals surface area (Å²) in [6.07, 6.45) is 2.47. The molecule has 1 heterocycles. The quantitative estimate of drug-likeness (QED) is 0.539. The fourth-order valence-corrected chi connectivity index (χ4v) is 2.55. The summed E-state index contributed by atoms with van der Waals surface area (Å²) in [5, 5.41) is 9.50. The number of rotatable bonds is 5. The minimum Gasteiger partial charge on any atom is -0.490 e. The van der Waals surface area contributed by atoms with Crippen LogP contribution in [0, 0.1) is 11.8 Å². The number of hydrogen-bond donors (Lipinski definition) is 1. The van der Waals surface area contributed by atoms with Crippen molar-refractivity contribution in [2.45, 2.75) is 0 Å². The van der Waals surface area contributed by atoms with Crippen LogP contribution in [0.5, 0.6) is 5.75 Å². The average Bonchev–Trinajstić information content (AvgIpc) is 2.72. The number of aldehydes is 1. The SMILES string of the molecule is O=Cc1cc(C#Cc2ccc(-c3ccc(Cl)cc3)cn2)ccc1OCCO. The first-order valence-electron chi connectivity index (χ1n) is 8.26. The second-order valence-electron chi connectivity index (χ2n) is 5.63. The molecule has 0 atom stereocenters. The van der Waals surface area contributed by atoms with E-state index in [1.807, 2.05) is 36.4 Å². The van der Waals surface area contributed by atoms with Gasteiger partial charge in [0, 0.05) is 22.3 Å². The number of pyridine rings is 1. The van der Waals surface area contributed by atoms with Gasteiger partial charge in [0.15, 0.2) is 6.29 Å².